The standard InChI is InChI=1S/C26H31N3O2S/c1-26(2,3)21-9-5-20(6-10-21)25(30)29-15-13-28(14-16-29)17-24-27-23(18-32-24)19-7-11-22(31-4)12-8-19/h5-12,18H,13-17H2,1-4H3. The number of nitrogens with zero attached hydrogens (tertiary/aromatic N) is 3. The Bertz CT molecular complexity index is 1040. The van der Waals surface area contributed by atoms with Crippen LogP contribution in [-0.2, 0) is 12.0 Å². The molecule has 5 nitrogen and oxygen atoms in total. The van der Waals surface area contributed by atoms with Crippen LogP contribution < -0.4 is 4.74 Å². The van der Waals surface area contributed by atoms with E-state index in [0.29, 0.717) is 0 Å². The first kappa shape index (κ1) is 22.5. The van der Waals surface area contributed by atoms with Gasteiger partial charge in [-0.15, -0.1) is 11.3 Å². The molecule has 0 aliphatic carbocycles. The number of benzene rings is 2. The fourth-order valence-corrected chi connectivity index (χ4v) is 4.72. The molecule has 2 aromatic carbocycles. The van der Waals surface area contributed by atoms with Crippen LogP contribution in [0.1, 0.15) is 41.7 Å². The first-order valence-electron chi connectivity index (χ1n) is 11.0. The maximum atomic E-state index is 12.9. The Morgan fingerprint density at radius 2 is 1.66 bits per heavy atom. The Kier molecular flexibility index (Phi) is 6.63. The number of piperazine rings is 1. The number of methoxy groups -OCH3 is 1. The maximum absolute atomic E-state index is 12.9. The van der Waals surface area contributed by atoms with Gasteiger partial charge in [-0.25, -0.2) is 4.98 Å². The minimum absolute atomic E-state index is 0.0935. The Morgan fingerprint density at radius 1 is 1.00 bits per heavy atom. The number of thiazole rings is 1. The van der Waals surface area contributed by atoms with Crippen LogP contribution in [-0.4, -0.2) is 54.0 Å². The lowest BCUT2D eigenvalue weighted by Crippen LogP contribution is -2.48. The SMILES string of the molecule is COc1ccc(-c2csc(CN3CCN(C(=O)c4ccc(C(C)(C)C)cc4)CC3)n2)cc1. The van der Waals surface area contributed by atoms with Crippen molar-refractivity contribution in [2.75, 3.05) is 33.3 Å². The zero-order valence-corrected chi connectivity index (χ0v) is 20.1. The predicted octanol–water partition coefficient (Wildman–Crippen LogP) is 5.07. The summed E-state index contributed by atoms with van der Waals surface area (Å²) in [5, 5.41) is 3.21. The van der Waals surface area contributed by atoms with Gasteiger partial charge in [0.15, 0.2) is 0 Å². The number of ether oxygens (including phenoxy) is 1. The van der Waals surface area contributed by atoms with Gasteiger partial charge in [0.25, 0.3) is 5.91 Å². The van der Waals surface area contributed by atoms with Crippen molar-refractivity contribution in [3.8, 4) is 17.0 Å². The first-order chi connectivity index (χ1) is 15.3. The normalized spacial score (nSPS) is 15.1. The summed E-state index contributed by atoms with van der Waals surface area (Å²) < 4.78 is 5.23. The Balaban J connectivity index is 1.31. The van der Waals surface area contributed by atoms with Crippen LogP contribution in [0, 0.1) is 0 Å². The maximum Gasteiger partial charge on any atom is 0.253 e. The van der Waals surface area contributed by atoms with Crippen molar-refractivity contribution >= 4 is 17.2 Å². The number of carbonyl (C=O) groups excluding carboxylic acids is 1. The van der Waals surface area contributed by atoms with E-state index in [0.717, 1.165) is 60.3 Å². The van der Waals surface area contributed by atoms with E-state index in [1.54, 1.807) is 18.4 Å². The number of hydrogen-bond acceptors (Lipinski definition) is 5. The average Bonchev–Trinajstić information content (AvgIpc) is 3.27. The molecule has 1 aliphatic rings. The molecule has 1 saturated heterocycles. The lowest BCUT2D eigenvalue weighted by molar-refractivity contribution is 0.0628. The van der Waals surface area contributed by atoms with E-state index >= 15 is 0 Å². The molecule has 0 spiro atoms. The lowest BCUT2D eigenvalue weighted by Gasteiger charge is -2.34. The topological polar surface area (TPSA) is 45.7 Å². The fraction of sp³-hybridized carbons (Fsp3) is 0.385. The second kappa shape index (κ2) is 9.43. The third-order valence-corrected chi connectivity index (χ3v) is 6.79. The number of aromatic nitrogens is 1. The highest BCUT2D eigenvalue weighted by atomic mass is 32.1. The largest absolute Gasteiger partial charge is 0.497 e. The van der Waals surface area contributed by atoms with Crippen LogP contribution in [0.5, 0.6) is 5.75 Å². The quantitative estimate of drug-likeness (QED) is 0.545. The molecule has 1 amide bonds. The van der Waals surface area contributed by atoms with Gasteiger partial charge in [-0.2, -0.15) is 0 Å². The van der Waals surface area contributed by atoms with Crippen LogP contribution in [0.25, 0.3) is 11.3 Å². The van der Waals surface area contributed by atoms with Crippen molar-refractivity contribution in [3.05, 3.63) is 70.0 Å². The minimum Gasteiger partial charge on any atom is -0.497 e. The molecule has 0 saturated carbocycles. The molecule has 1 aromatic heterocycles. The van der Waals surface area contributed by atoms with Gasteiger partial charge >= 0.3 is 0 Å². The molecule has 0 bridgehead atoms. The molecule has 1 aliphatic heterocycles. The predicted molar refractivity (Wildman–Crippen MR) is 130 cm³/mol. The van der Waals surface area contributed by atoms with Crippen molar-refractivity contribution in [2.45, 2.75) is 32.7 Å². The van der Waals surface area contributed by atoms with Gasteiger partial charge in [0.1, 0.15) is 10.8 Å². The van der Waals surface area contributed by atoms with Crippen molar-refractivity contribution in [1.29, 1.82) is 0 Å². The molecule has 0 unspecified atom stereocenters. The fourth-order valence-electron chi connectivity index (χ4n) is 3.87. The van der Waals surface area contributed by atoms with E-state index in [2.05, 4.69) is 43.2 Å². The summed E-state index contributed by atoms with van der Waals surface area (Å²) in [4.78, 5) is 22.1. The number of amides is 1. The third-order valence-electron chi connectivity index (χ3n) is 5.95. The van der Waals surface area contributed by atoms with Crippen molar-refractivity contribution in [2.24, 2.45) is 0 Å². The van der Waals surface area contributed by atoms with Gasteiger partial charge in [-0.3, -0.25) is 9.69 Å². The van der Waals surface area contributed by atoms with E-state index in [1.807, 2.05) is 41.3 Å². The minimum atomic E-state index is 0.0935. The summed E-state index contributed by atoms with van der Waals surface area (Å²) in [6.07, 6.45) is 0. The van der Waals surface area contributed by atoms with Crippen LogP contribution in [0.3, 0.4) is 0 Å². The van der Waals surface area contributed by atoms with Crippen LogP contribution >= 0.6 is 11.3 Å². The lowest BCUT2D eigenvalue weighted by atomic mass is 9.86. The van der Waals surface area contributed by atoms with E-state index in [1.165, 1.54) is 5.56 Å². The second-order valence-corrected chi connectivity index (χ2v) is 10.2. The first-order valence-corrected chi connectivity index (χ1v) is 11.9. The summed E-state index contributed by atoms with van der Waals surface area (Å²) in [5.74, 6) is 0.975. The van der Waals surface area contributed by atoms with Crippen LogP contribution in [0.4, 0.5) is 0 Å². The third kappa shape index (κ3) is 5.19. The number of hydrogen-bond donors (Lipinski definition) is 0. The molecular formula is C26H31N3O2S. The Labute approximate surface area is 194 Å². The summed E-state index contributed by atoms with van der Waals surface area (Å²) >= 11 is 1.69. The van der Waals surface area contributed by atoms with Gasteiger partial charge < -0.3 is 9.64 Å². The van der Waals surface area contributed by atoms with E-state index in [4.69, 9.17) is 9.72 Å². The van der Waals surface area contributed by atoms with E-state index < -0.39 is 0 Å². The van der Waals surface area contributed by atoms with E-state index in [-0.39, 0.29) is 11.3 Å². The van der Waals surface area contributed by atoms with Crippen molar-refractivity contribution in [1.82, 2.24) is 14.8 Å². The molecule has 1 fully saturated rings. The molecule has 0 N–H and O–H groups in total. The molecule has 0 radical (unpaired) electrons. The van der Waals surface area contributed by atoms with Gasteiger partial charge in [0.05, 0.1) is 19.3 Å². The highest BCUT2D eigenvalue weighted by Gasteiger charge is 2.23. The summed E-state index contributed by atoms with van der Waals surface area (Å²) in [5.41, 5.74) is 4.21. The zero-order chi connectivity index (χ0) is 22.7. The smallest absolute Gasteiger partial charge is 0.253 e. The number of rotatable bonds is 5. The van der Waals surface area contributed by atoms with Crippen LogP contribution in [0.2, 0.25) is 0 Å². The zero-order valence-electron chi connectivity index (χ0n) is 19.3. The molecular weight excluding hydrogens is 418 g/mol. The highest BCUT2D eigenvalue weighted by Crippen LogP contribution is 2.25. The molecule has 168 valence electrons. The van der Waals surface area contributed by atoms with Crippen LogP contribution in [0.15, 0.2) is 53.9 Å². The molecule has 3 aromatic rings. The molecule has 6 heteroatoms. The Hall–Kier alpha value is -2.70. The van der Waals surface area contributed by atoms with Crippen molar-refractivity contribution in [3.63, 3.8) is 0 Å². The van der Waals surface area contributed by atoms with Gasteiger partial charge in [-0.05, 0) is 47.4 Å². The molecule has 0 atom stereocenters. The van der Waals surface area contributed by atoms with Crippen molar-refractivity contribution < 1.29 is 9.53 Å². The average molecular weight is 450 g/mol. The summed E-state index contributed by atoms with van der Waals surface area (Å²) in [7, 11) is 1.67. The highest BCUT2D eigenvalue weighted by molar-refractivity contribution is 7.09. The second-order valence-electron chi connectivity index (χ2n) is 9.25. The summed E-state index contributed by atoms with van der Waals surface area (Å²) in [6, 6.07) is 16.1. The van der Waals surface area contributed by atoms with Gasteiger partial charge in [-0.1, -0.05) is 32.9 Å². The Morgan fingerprint density at radius 3 is 2.25 bits per heavy atom. The number of carbonyl (C=O) groups is 1. The summed E-state index contributed by atoms with van der Waals surface area (Å²) in [6.45, 7) is 10.6. The molecule has 4 rings (SSSR count). The molecule has 32 heavy (non-hydrogen) atoms. The molecule has 2 heterocycles. The monoisotopic (exact) mass is 449 g/mol. The van der Waals surface area contributed by atoms with Gasteiger partial charge in [0, 0.05) is 42.7 Å². The van der Waals surface area contributed by atoms with E-state index in [9.17, 15) is 4.79 Å². The van der Waals surface area contributed by atoms with Gasteiger partial charge in [0.2, 0.25) is 0 Å².